The number of carbonyl (C=O) groups is 4. The Morgan fingerprint density at radius 2 is 1.92 bits per heavy atom. The molecule has 4 N–H and O–H groups in total. The van der Waals surface area contributed by atoms with Gasteiger partial charge in [0.25, 0.3) is 5.91 Å². The van der Waals surface area contributed by atoms with Crippen LogP contribution in [0.5, 0.6) is 0 Å². The van der Waals surface area contributed by atoms with Crippen LogP contribution < -0.4 is 5.32 Å². The number of amides is 3. The Kier molecular flexibility index (Phi) is 4.74. The van der Waals surface area contributed by atoms with E-state index in [0.29, 0.717) is 4.90 Å². The number of carboxylic acids is 1. The zero-order valence-electron chi connectivity index (χ0n) is 13.7. The topological polar surface area (TPSA) is 191 Å². The van der Waals surface area contributed by atoms with E-state index < -0.39 is 64.5 Å². The van der Waals surface area contributed by atoms with Crippen molar-refractivity contribution in [3.63, 3.8) is 0 Å². The number of likely N-dealkylation sites (tertiary alicyclic amines) is 1. The Hall–Kier alpha value is -2.29. The highest BCUT2D eigenvalue weighted by Crippen LogP contribution is 2.31. The average molecular weight is 395 g/mol. The van der Waals surface area contributed by atoms with Crippen molar-refractivity contribution in [3.8, 4) is 0 Å². The van der Waals surface area contributed by atoms with Gasteiger partial charge in [0.2, 0.25) is 23.3 Å². The van der Waals surface area contributed by atoms with Crippen LogP contribution >= 0.6 is 0 Å². The van der Waals surface area contributed by atoms with E-state index in [1.54, 1.807) is 0 Å². The van der Waals surface area contributed by atoms with E-state index in [1.165, 1.54) is 0 Å². The molecule has 0 saturated carbocycles. The van der Waals surface area contributed by atoms with Crippen LogP contribution in [0, 0.1) is 0 Å². The summed E-state index contributed by atoms with van der Waals surface area (Å²) in [7, 11) is -3.84. The van der Waals surface area contributed by atoms with Crippen molar-refractivity contribution < 1.29 is 47.1 Å². The number of hydrogen-bond donors (Lipinski definition) is 4. The van der Waals surface area contributed by atoms with E-state index in [1.807, 2.05) is 0 Å². The third-order valence-electron chi connectivity index (χ3n) is 4.35. The molecule has 2 heterocycles. The number of ether oxygens (including phenoxy) is 1. The molecule has 2 aliphatic heterocycles. The van der Waals surface area contributed by atoms with Crippen LogP contribution in [0.25, 0.3) is 0 Å². The van der Waals surface area contributed by atoms with Crippen molar-refractivity contribution in [1.82, 2.24) is 14.5 Å². The number of carbonyl (C=O) groups excluding carboxylic acids is 3. The van der Waals surface area contributed by atoms with Gasteiger partial charge in [0.15, 0.2) is 0 Å². The van der Waals surface area contributed by atoms with Gasteiger partial charge in [0, 0.05) is 20.0 Å². The first-order valence-electron chi connectivity index (χ1n) is 7.25. The molecular formula is C12H17N3O10S. The number of nitrogens with zero attached hydrogens (tertiary/aromatic N) is 2. The van der Waals surface area contributed by atoms with Gasteiger partial charge in [-0.15, -0.1) is 0 Å². The monoisotopic (exact) mass is 395 g/mol. The molecule has 2 fully saturated rings. The van der Waals surface area contributed by atoms with Gasteiger partial charge in [-0.25, -0.2) is 9.10 Å². The summed E-state index contributed by atoms with van der Waals surface area (Å²) in [5.74, 6) is -4.85. The molecule has 0 spiro atoms. The summed E-state index contributed by atoms with van der Waals surface area (Å²) in [4.78, 5) is 48.0. The minimum atomic E-state index is -4.84. The molecule has 26 heavy (non-hydrogen) atoms. The molecule has 2 aliphatic rings. The van der Waals surface area contributed by atoms with Crippen LogP contribution in [0.2, 0.25) is 0 Å². The highest BCUT2D eigenvalue weighted by molar-refractivity contribution is 7.84. The van der Waals surface area contributed by atoms with Gasteiger partial charge in [-0.1, -0.05) is 0 Å². The average Bonchev–Trinajstić information content (AvgIpc) is 2.84. The minimum absolute atomic E-state index is 0.0516. The van der Waals surface area contributed by atoms with Gasteiger partial charge in [-0.3, -0.25) is 23.8 Å². The second kappa shape index (κ2) is 6.15. The smallest absolute Gasteiger partial charge is 0.362 e. The van der Waals surface area contributed by atoms with Gasteiger partial charge in [0.05, 0.1) is 6.54 Å². The molecule has 2 rings (SSSR count). The van der Waals surface area contributed by atoms with Crippen molar-refractivity contribution >= 4 is 34.0 Å². The zero-order chi connectivity index (χ0) is 20.1. The van der Waals surface area contributed by atoms with Crippen LogP contribution in [0.4, 0.5) is 0 Å². The highest BCUT2D eigenvalue weighted by Gasteiger charge is 2.60. The van der Waals surface area contributed by atoms with E-state index in [2.05, 4.69) is 5.32 Å². The minimum Gasteiger partial charge on any atom is -0.478 e. The lowest BCUT2D eigenvalue weighted by Gasteiger charge is -2.45. The molecule has 0 aromatic heterocycles. The normalized spacial score (nSPS) is 30.2. The standard InChI is InChI=1S/C12H17N3O10S/c1-6(15-7(16)3-4-12(15,21)10(19)20)8(17)13-11(25-2)5-14(9(11)18)26(22,23)24/h6,21H,3-5H2,1-2H3,(H,13,17)(H,19,20)(H,22,23,24)/t6?,11?,12-/m1/s1. The van der Waals surface area contributed by atoms with Crippen LogP contribution in [-0.4, -0.2) is 87.2 Å². The predicted octanol–water partition coefficient (Wildman–Crippen LogP) is -3.13. The molecule has 3 amide bonds. The summed E-state index contributed by atoms with van der Waals surface area (Å²) >= 11 is 0. The molecule has 0 aromatic carbocycles. The SMILES string of the molecule is COC1(NC(=O)C(C)N2C(=O)CC[C@@]2(O)C(=O)O)CN(S(=O)(=O)O)C1=O. The summed E-state index contributed by atoms with van der Waals surface area (Å²) in [6, 6.07) is -1.51. The van der Waals surface area contributed by atoms with E-state index in [0.717, 1.165) is 14.0 Å². The van der Waals surface area contributed by atoms with E-state index in [9.17, 15) is 32.7 Å². The summed E-state index contributed by atoms with van der Waals surface area (Å²) in [5, 5.41) is 21.4. The summed E-state index contributed by atoms with van der Waals surface area (Å²) in [5.41, 5.74) is -4.69. The molecule has 146 valence electrons. The van der Waals surface area contributed by atoms with Crippen LogP contribution in [0.15, 0.2) is 0 Å². The maximum atomic E-state index is 12.4. The van der Waals surface area contributed by atoms with Crippen molar-refractivity contribution in [2.45, 2.75) is 37.3 Å². The van der Waals surface area contributed by atoms with E-state index in [-0.39, 0.29) is 10.7 Å². The fourth-order valence-corrected chi connectivity index (χ4v) is 3.53. The molecule has 0 aromatic rings. The summed E-state index contributed by atoms with van der Waals surface area (Å²) in [6.07, 6.45) is -0.727. The lowest BCUT2D eigenvalue weighted by molar-refractivity contribution is -0.190. The number of methoxy groups -OCH3 is 1. The number of aliphatic hydroxyl groups is 1. The quantitative estimate of drug-likeness (QED) is 0.203. The zero-order valence-corrected chi connectivity index (χ0v) is 14.5. The van der Waals surface area contributed by atoms with Gasteiger partial charge >= 0.3 is 16.3 Å². The maximum Gasteiger partial charge on any atom is 0.362 e. The lowest BCUT2D eigenvalue weighted by atomic mass is 10.0. The Bertz CT molecular complexity index is 782. The molecule has 2 saturated heterocycles. The number of hydrogen-bond acceptors (Lipinski definition) is 8. The Balaban J connectivity index is 2.20. The molecule has 2 unspecified atom stereocenters. The van der Waals surface area contributed by atoms with Crippen LogP contribution in [0.3, 0.4) is 0 Å². The Morgan fingerprint density at radius 3 is 2.35 bits per heavy atom. The van der Waals surface area contributed by atoms with Crippen molar-refractivity contribution in [3.05, 3.63) is 0 Å². The number of aliphatic carboxylic acids is 1. The predicted molar refractivity (Wildman–Crippen MR) is 79.3 cm³/mol. The fourth-order valence-electron chi connectivity index (χ4n) is 2.83. The summed E-state index contributed by atoms with van der Waals surface area (Å²) in [6.45, 7) is 0.399. The number of nitrogens with one attached hydrogen (secondary N) is 1. The van der Waals surface area contributed by atoms with Crippen LogP contribution in [0.1, 0.15) is 19.8 Å². The highest BCUT2D eigenvalue weighted by atomic mass is 32.2. The number of rotatable bonds is 6. The second-order valence-corrected chi connectivity index (χ2v) is 7.21. The molecule has 0 bridgehead atoms. The Morgan fingerprint density at radius 1 is 1.35 bits per heavy atom. The Labute approximate surface area is 147 Å². The van der Waals surface area contributed by atoms with Gasteiger partial charge < -0.3 is 20.3 Å². The molecular weight excluding hydrogens is 378 g/mol. The largest absolute Gasteiger partial charge is 0.478 e. The van der Waals surface area contributed by atoms with Gasteiger partial charge in [0.1, 0.15) is 6.04 Å². The molecule has 14 heteroatoms. The van der Waals surface area contributed by atoms with Gasteiger partial charge in [-0.2, -0.15) is 8.42 Å². The first kappa shape index (κ1) is 20.0. The first-order valence-corrected chi connectivity index (χ1v) is 8.64. The van der Waals surface area contributed by atoms with Crippen LogP contribution in [-0.2, 0) is 34.2 Å². The number of carboxylic acid groups (broad SMARTS) is 1. The van der Waals surface area contributed by atoms with E-state index in [4.69, 9.17) is 14.4 Å². The maximum absolute atomic E-state index is 12.4. The number of β-lactam (4-membered cyclic amide) rings is 1. The van der Waals surface area contributed by atoms with E-state index >= 15 is 0 Å². The molecule has 13 nitrogen and oxygen atoms in total. The van der Waals surface area contributed by atoms with Crippen molar-refractivity contribution in [2.24, 2.45) is 0 Å². The third-order valence-corrected chi connectivity index (χ3v) is 5.21. The fraction of sp³-hybridized carbons (Fsp3) is 0.667. The lowest BCUT2D eigenvalue weighted by Crippen LogP contribution is -2.77. The molecule has 3 atom stereocenters. The van der Waals surface area contributed by atoms with Gasteiger partial charge in [-0.05, 0) is 6.92 Å². The van der Waals surface area contributed by atoms with Crippen molar-refractivity contribution in [2.75, 3.05) is 13.7 Å². The summed E-state index contributed by atoms with van der Waals surface area (Å²) < 4.78 is 35.8. The first-order chi connectivity index (χ1) is 11.8. The second-order valence-electron chi connectivity index (χ2n) is 5.87. The molecule has 0 aliphatic carbocycles. The van der Waals surface area contributed by atoms with Crippen molar-refractivity contribution in [1.29, 1.82) is 0 Å². The molecule has 0 radical (unpaired) electrons. The third kappa shape index (κ3) is 2.90.